The van der Waals surface area contributed by atoms with Gasteiger partial charge in [0, 0.05) is 24.2 Å². The van der Waals surface area contributed by atoms with Crippen LogP contribution in [0.15, 0.2) is 0 Å². The van der Waals surface area contributed by atoms with Gasteiger partial charge in [-0.15, -0.1) is 0 Å². The highest BCUT2D eigenvalue weighted by molar-refractivity contribution is 5.82. The van der Waals surface area contributed by atoms with Crippen molar-refractivity contribution in [2.45, 2.75) is 52.6 Å². The third-order valence-electron chi connectivity index (χ3n) is 5.88. The van der Waals surface area contributed by atoms with Gasteiger partial charge in [-0.1, -0.05) is 20.8 Å². The molecule has 0 unspecified atom stereocenters. The van der Waals surface area contributed by atoms with Crippen LogP contribution in [0.5, 0.6) is 0 Å². The van der Waals surface area contributed by atoms with E-state index in [0.29, 0.717) is 18.1 Å². The highest BCUT2D eigenvalue weighted by Crippen LogP contribution is 2.56. The van der Waals surface area contributed by atoms with E-state index < -0.39 is 0 Å². The van der Waals surface area contributed by atoms with Crippen LogP contribution < -0.4 is 0 Å². The standard InChI is InChI=1S/C15H22O3/c1-8-10-4-6-15(3)7-5-11(16)9(2)12(15)13(10)18-14(8)17/h8-10,12-13H,4-7H2,1-3H3/t8-,9-,10+,12-,13+,15+/m1/s1. The first kappa shape index (κ1) is 12.2. The van der Waals surface area contributed by atoms with Gasteiger partial charge < -0.3 is 4.74 Å². The van der Waals surface area contributed by atoms with E-state index in [4.69, 9.17) is 4.74 Å². The van der Waals surface area contributed by atoms with Gasteiger partial charge in [-0.2, -0.15) is 0 Å². The maximum Gasteiger partial charge on any atom is 0.309 e. The minimum atomic E-state index is -0.0560. The van der Waals surface area contributed by atoms with Gasteiger partial charge in [0.2, 0.25) is 0 Å². The van der Waals surface area contributed by atoms with Crippen LogP contribution >= 0.6 is 0 Å². The van der Waals surface area contributed by atoms with E-state index in [1.807, 2.05) is 13.8 Å². The fraction of sp³-hybridized carbons (Fsp3) is 0.867. The Morgan fingerprint density at radius 2 is 1.89 bits per heavy atom. The van der Waals surface area contributed by atoms with Crippen molar-refractivity contribution in [1.29, 1.82) is 0 Å². The molecule has 3 nitrogen and oxygen atoms in total. The van der Waals surface area contributed by atoms with E-state index in [1.54, 1.807) is 0 Å². The van der Waals surface area contributed by atoms with Crippen molar-refractivity contribution < 1.29 is 14.3 Å². The molecular weight excluding hydrogens is 228 g/mol. The molecule has 3 rings (SSSR count). The highest BCUT2D eigenvalue weighted by atomic mass is 16.6. The van der Waals surface area contributed by atoms with E-state index >= 15 is 0 Å². The first-order chi connectivity index (χ1) is 8.44. The van der Waals surface area contributed by atoms with Gasteiger partial charge in [-0.25, -0.2) is 0 Å². The normalized spacial score (nSPS) is 51.6. The van der Waals surface area contributed by atoms with Gasteiger partial charge in [0.05, 0.1) is 5.92 Å². The maximum atomic E-state index is 12.0. The van der Waals surface area contributed by atoms with Crippen molar-refractivity contribution >= 4 is 11.8 Å². The molecule has 100 valence electrons. The highest BCUT2D eigenvalue weighted by Gasteiger charge is 2.58. The number of carbonyl (C=O) groups is 2. The number of ketones is 1. The van der Waals surface area contributed by atoms with Gasteiger partial charge >= 0.3 is 5.97 Å². The molecule has 0 bridgehead atoms. The minimum absolute atomic E-state index is 0.00880. The summed E-state index contributed by atoms with van der Waals surface area (Å²) in [7, 11) is 0. The van der Waals surface area contributed by atoms with Crippen LogP contribution in [0.25, 0.3) is 0 Å². The topological polar surface area (TPSA) is 43.4 Å². The summed E-state index contributed by atoms with van der Waals surface area (Å²) in [5.74, 6) is 0.946. The largest absolute Gasteiger partial charge is 0.461 e. The second-order valence-corrected chi connectivity index (χ2v) is 6.83. The number of hydrogen-bond donors (Lipinski definition) is 0. The third-order valence-corrected chi connectivity index (χ3v) is 5.88. The van der Waals surface area contributed by atoms with Crippen LogP contribution in [0.4, 0.5) is 0 Å². The lowest BCUT2D eigenvalue weighted by molar-refractivity contribution is -0.158. The van der Waals surface area contributed by atoms with Crippen LogP contribution in [0.1, 0.15) is 46.5 Å². The SMILES string of the molecule is C[C@@H]1C(=O)CC[C@]2(C)CC[C@@H]3[C@H](OC(=O)[C@@H]3C)[C@@H]12. The molecule has 0 aromatic rings. The lowest BCUT2D eigenvalue weighted by Crippen LogP contribution is -2.52. The van der Waals surface area contributed by atoms with Crippen LogP contribution in [0.2, 0.25) is 0 Å². The van der Waals surface area contributed by atoms with E-state index in [-0.39, 0.29) is 35.2 Å². The minimum Gasteiger partial charge on any atom is -0.461 e. The fourth-order valence-electron chi connectivity index (χ4n) is 4.62. The van der Waals surface area contributed by atoms with E-state index in [2.05, 4.69) is 6.92 Å². The van der Waals surface area contributed by atoms with Gasteiger partial charge in [0.1, 0.15) is 11.9 Å². The Morgan fingerprint density at radius 1 is 1.17 bits per heavy atom. The Labute approximate surface area is 108 Å². The van der Waals surface area contributed by atoms with Crippen molar-refractivity contribution in [3.63, 3.8) is 0 Å². The second kappa shape index (κ2) is 3.82. The number of ether oxygens (including phenoxy) is 1. The molecule has 3 fully saturated rings. The van der Waals surface area contributed by atoms with Gasteiger partial charge in [-0.3, -0.25) is 9.59 Å². The number of Topliss-reactive ketones (excluding diaryl/α,β-unsaturated/α-hetero) is 1. The van der Waals surface area contributed by atoms with E-state index in [9.17, 15) is 9.59 Å². The molecule has 1 aliphatic heterocycles. The summed E-state index contributed by atoms with van der Waals surface area (Å²) in [5.41, 5.74) is 0.193. The first-order valence-electron chi connectivity index (χ1n) is 7.17. The quantitative estimate of drug-likeness (QED) is 0.621. The van der Waals surface area contributed by atoms with Gasteiger partial charge in [0.25, 0.3) is 0 Å². The number of fused-ring (bicyclic) bond motifs is 3. The van der Waals surface area contributed by atoms with Crippen LogP contribution in [-0.4, -0.2) is 17.9 Å². The van der Waals surface area contributed by atoms with Crippen molar-refractivity contribution in [2.24, 2.45) is 29.1 Å². The number of carbonyl (C=O) groups excluding carboxylic acids is 2. The van der Waals surface area contributed by atoms with Crippen LogP contribution in [0, 0.1) is 29.1 Å². The molecule has 0 amide bonds. The average Bonchev–Trinajstić information content (AvgIpc) is 2.60. The number of hydrogen-bond acceptors (Lipinski definition) is 3. The van der Waals surface area contributed by atoms with E-state index in [1.165, 1.54) is 0 Å². The van der Waals surface area contributed by atoms with Crippen molar-refractivity contribution in [2.75, 3.05) is 0 Å². The predicted octanol–water partition coefficient (Wildman–Crippen LogP) is 2.58. The zero-order chi connectivity index (χ0) is 13.1. The molecule has 0 spiro atoms. The lowest BCUT2D eigenvalue weighted by atomic mass is 9.53. The zero-order valence-electron chi connectivity index (χ0n) is 11.4. The number of esters is 1. The third kappa shape index (κ3) is 1.49. The fourth-order valence-corrected chi connectivity index (χ4v) is 4.62. The molecular formula is C15H22O3. The van der Waals surface area contributed by atoms with E-state index in [0.717, 1.165) is 19.3 Å². The Bertz CT molecular complexity index is 403. The summed E-state index contributed by atoms with van der Waals surface area (Å²) < 4.78 is 5.64. The summed E-state index contributed by atoms with van der Waals surface area (Å²) in [4.78, 5) is 23.8. The van der Waals surface area contributed by atoms with Gasteiger partial charge in [-0.05, 0) is 24.7 Å². The summed E-state index contributed by atoms with van der Waals surface area (Å²) in [6.45, 7) is 6.29. The summed E-state index contributed by atoms with van der Waals surface area (Å²) in [6.07, 6.45) is 3.87. The molecule has 3 heteroatoms. The molecule has 0 aromatic carbocycles. The predicted molar refractivity (Wildman–Crippen MR) is 66.8 cm³/mol. The molecule has 1 saturated heterocycles. The Kier molecular flexibility index (Phi) is 2.58. The molecule has 2 aliphatic carbocycles. The van der Waals surface area contributed by atoms with Crippen molar-refractivity contribution in [1.82, 2.24) is 0 Å². The Balaban J connectivity index is 1.96. The maximum absolute atomic E-state index is 12.0. The summed E-state index contributed by atoms with van der Waals surface area (Å²) in [5, 5.41) is 0. The second-order valence-electron chi connectivity index (χ2n) is 6.83. The Morgan fingerprint density at radius 3 is 2.61 bits per heavy atom. The molecule has 18 heavy (non-hydrogen) atoms. The lowest BCUT2D eigenvalue weighted by Gasteiger charge is -2.51. The number of rotatable bonds is 0. The van der Waals surface area contributed by atoms with Crippen molar-refractivity contribution in [3.05, 3.63) is 0 Å². The average molecular weight is 250 g/mol. The monoisotopic (exact) mass is 250 g/mol. The smallest absolute Gasteiger partial charge is 0.309 e. The van der Waals surface area contributed by atoms with Crippen LogP contribution in [-0.2, 0) is 14.3 Å². The van der Waals surface area contributed by atoms with Crippen LogP contribution in [0.3, 0.4) is 0 Å². The molecule has 6 atom stereocenters. The van der Waals surface area contributed by atoms with Crippen molar-refractivity contribution in [3.8, 4) is 0 Å². The summed E-state index contributed by atoms with van der Waals surface area (Å²) >= 11 is 0. The molecule has 0 aromatic heterocycles. The summed E-state index contributed by atoms with van der Waals surface area (Å²) in [6, 6.07) is 0. The molecule has 1 heterocycles. The zero-order valence-corrected chi connectivity index (χ0v) is 11.4. The molecule has 0 radical (unpaired) electrons. The molecule has 2 saturated carbocycles. The Hall–Kier alpha value is -0.860. The molecule has 3 aliphatic rings. The molecule has 0 N–H and O–H groups in total. The van der Waals surface area contributed by atoms with Gasteiger partial charge in [0.15, 0.2) is 0 Å². The first-order valence-corrected chi connectivity index (χ1v) is 7.17.